The second-order valence-electron chi connectivity index (χ2n) is 4.73. The standard InChI is InChI=1S/C13H14FNO4S/c14-7-4-2-1-3-6(7)12-15-9-11(18)10(17)8(5-16)19-13(9)20-12/h1-4,8-11,13,16-18H,5H2/t8-,9-,10-,11-,13-/m1/s1. The third-order valence-corrected chi connectivity index (χ3v) is 4.62. The number of hydrogen-bond donors (Lipinski definition) is 3. The van der Waals surface area contributed by atoms with Gasteiger partial charge < -0.3 is 20.1 Å². The van der Waals surface area contributed by atoms with Crippen molar-refractivity contribution >= 4 is 16.8 Å². The van der Waals surface area contributed by atoms with Crippen LogP contribution >= 0.6 is 11.8 Å². The van der Waals surface area contributed by atoms with Crippen LogP contribution in [0.3, 0.4) is 0 Å². The van der Waals surface area contributed by atoms with E-state index in [9.17, 15) is 14.6 Å². The Morgan fingerprint density at radius 2 is 2.00 bits per heavy atom. The molecule has 5 atom stereocenters. The number of aliphatic imine (C=N–C) groups is 1. The highest BCUT2D eigenvalue weighted by atomic mass is 32.2. The van der Waals surface area contributed by atoms with Crippen LogP contribution in [0.4, 0.5) is 4.39 Å². The van der Waals surface area contributed by atoms with E-state index in [1.54, 1.807) is 18.2 Å². The molecule has 7 heteroatoms. The van der Waals surface area contributed by atoms with E-state index >= 15 is 0 Å². The van der Waals surface area contributed by atoms with Gasteiger partial charge in [0.25, 0.3) is 0 Å². The number of aliphatic hydroxyl groups excluding tert-OH is 3. The molecule has 2 aliphatic rings. The summed E-state index contributed by atoms with van der Waals surface area (Å²) < 4.78 is 19.2. The molecule has 2 aliphatic heterocycles. The normalized spacial score (nSPS) is 36.6. The molecule has 0 radical (unpaired) electrons. The monoisotopic (exact) mass is 299 g/mol. The van der Waals surface area contributed by atoms with Gasteiger partial charge in [0, 0.05) is 5.56 Å². The van der Waals surface area contributed by atoms with Crippen molar-refractivity contribution in [2.24, 2.45) is 4.99 Å². The average Bonchev–Trinajstić information content (AvgIpc) is 2.87. The van der Waals surface area contributed by atoms with Crippen LogP contribution in [0.15, 0.2) is 29.3 Å². The molecule has 5 nitrogen and oxygen atoms in total. The summed E-state index contributed by atoms with van der Waals surface area (Å²) in [7, 11) is 0. The maximum atomic E-state index is 13.7. The lowest BCUT2D eigenvalue weighted by Crippen LogP contribution is -2.55. The van der Waals surface area contributed by atoms with Crippen LogP contribution in [0.1, 0.15) is 5.56 Å². The lowest BCUT2D eigenvalue weighted by atomic mass is 9.99. The number of benzene rings is 1. The molecule has 1 saturated heterocycles. The van der Waals surface area contributed by atoms with E-state index in [2.05, 4.69) is 4.99 Å². The van der Waals surface area contributed by atoms with Crippen molar-refractivity contribution in [3.63, 3.8) is 0 Å². The predicted molar refractivity (Wildman–Crippen MR) is 72.1 cm³/mol. The summed E-state index contributed by atoms with van der Waals surface area (Å²) in [5.74, 6) is -0.397. The third kappa shape index (κ3) is 2.25. The Hall–Kier alpha value is -0.990. The van der Waals surface area contributed by atoms with E-state index in [-0.39, 0.29) is 0 Å². The number of thioether (sulfide) groups is 1. The van der Waals surface area contributed by atoms with Gasteiger partial charge in [0.1, 0.15) is 40.7 Å². The molecule has 108 valence electrons. The summed E-state index contributed by atoms with van der Waals surface area (Å²) in [6.07, 6.45) is -3.19. The molecule has 0 aliphatic carbocycles. The smallest absolute Gasteiger partial charge is 0.134 e. The number of nitrogens with zero attached hydrogens (tertiary/aromatic N) is 1. The van der Waals surface area contributed by atoms with Crippen LogP contribution in [-0.4, -0.2) is 56.8 Å². The molecule has 3 N–H and O–H groups in total. The molecular weight excluding hydrogens is 285 g/mol. The highest BCUT2D eigenvalue weighted by molar-refractivity contribution is 8.15. The maximum Gasteiger partial charge on any atom is 0.134 e. The SMILES string of the molecule is OC[C@H]1O[C@@H]2SC(c3ccccc3F)=N[C@@H]2[C@@H](O)[C@@H]1O. The van der Waals surface area contributed by atoms with Gasteiger partial charge in [-0.1, -0.05) is 23.9 Å². The van der Waals surface area contributed by atoms with E-state index in [4.69, 9.17) is 9.84 Å². The number of rotatable bonds is 2. The van der Waals surface area contributed by atoms with Crippen LogP contribution in [0, 0.1) is 5.82 Å². The van der Waals surface area contributed by atoms with E-state index in [0.29, 0.717) is 10.6 Å². The summed E-state index contributed by atoms with van der Waals surface area (Å²) in [6.45, 7) is -0.392. The first-order valence-electron chi connectivity index (χ1n) is 6.23. The van der Waals surface area contributed by atoms with Gasteiger partial charge in [-0.3, -0.25) is 4.99 Å². The zero-order chi connectivity index (χ0) is 14.3. The summed E-state index contributed by atoms with van der Waals surface area (Å²) in [4.78, 5) is 4.26. The van der Waals surface area contributed by atoms with Crippen LogP contribution in [0.5, 0.6) is 0 Å². The van der Waals surface area contributed by atoms with Crippen LogP contribution in [0.2, 0.25) is 0 Å². The van der Waals surface area contributed by atoms with Gasteiger partial charge in [-0.15, -0.1) is 0 Å². The lowest BCUT2D eigenvalue weighted by Gasteiger charge is -2.37. The van der Waals surface area contributed by atoms with E-state index in [1.807, 2.05) is 0 Å². The van der Waals surface area contributed by atoms with Crippen molar-refractivity contribution in [3.05, 3.63) is 35.6 Å². The molecule has 0 amide bonds. The summed E-state index contributed by atoms with van der Waals surface area (Å²) in [5.41, 5.74) is -0.183. The largest absolute Gasteiger partial charge is 0.394 e. The first-order valence-corrected chi connectivity index (χ1v) is 7.11. The Bertz CT molecular complexity index is 541. The predicted octanol–water partition coefficient (Wildman–Crippen LogP) is 0.127. The van der Waals surface area contributed by atoms with Crippen molar-refractivity contribution in [1.29, 1.82) is 0 Å². The fraction of sp³-hybridized carbons (Fsp3) is 0.462. The Labute approximate surface area is 119 Å². The van der Waals surface area contributed by atoms with E-state index in [0.717, 1.165) is 0 Å². The van der Waals surface area contributed by atoms with Crippen LogP contribution < -0.4 is 0 Å². The van der Waals surface area contributed by atoms with E-state index in [1.165, 1.54) is 17.8 Å². The maximum absolute atomic E-state index is 13.7. The number of ether oxygens (including phenoxy) is 1. The highest BCUT2D eigenvalue weighted by Crippen LogP contribution is 2.38. The molecule has 20 heavy (non-hydrogen) atoms. The zero-order valence-corrected chi connectivity index (χ0v) is 11.2. The molecule has 1 aromatic rings. The van der Waals surface area contributed by atoms with Crippen molar-refractivity contribution in [3.8, 4) is 0 Å². The summed E-state index contributed by atoms with van der Waals surface area (Å²) in [5, 5.41) is 29.4. The number of halogens is 1. The second kappa shape index (κ2) is 5.42. The quantitative estimate of drug-likeness (QED) is 0.723. The number of hydrogen-bond acceptors (Lipinski definition) is 6. The lowest BCUT2D eigenvalue weighted by molar-refractivity contribution is -0.164. The Balaban J connectivity index is 1.88. The topological polar surface area (TPSA) is 82.3 Å². The minimum absolute atomic E-state index is 0.345. The van der Waals surface area contributed by atoms with Gasteiger partial charge in [0.15, 0.2) is 0 Å². The molecule has 2 heterocycles. The van der Waals surface area contributed by atoms with Gasteiger partial charge in [0.2, 0.25) is 0 Å². The number of aliphatic hydroxyl groups is 3. The van der Waals surface area contributed by atoms with Gasteiger partial charge >= 0.3 is 0 Å². The van der Waals surface area contributed by atoms with Crippen molar-refractivity contribution in [2.45, 2.75) is 29.8 Å². The third-order valence-electron chi connectivity index (χ3n) is 3.45. The number of fused-ring (bicyclic) bond motifs is 1. The van der Waals surface area contributed by atoms with Gasteiger partial charge in [-0.2, -0.15) is 0 Å². The van der Waals surface area contributed by atoms with E-state index < -0.39 is 42.2 Å². The molecule has 0 bridgehead atoms. The van der Waals surface area contributed by atoms with Crippen molar-refractivity contribution in [1.82, 2.24) is 0 Å². The van der Waals surface area contributed by atoms with Crippen LogP contribution in [0.25, 0.3) is 0 Å². The second-order valence-corrected chi connectivity index (χ2v) is 5.82. The fourth-order valence-corrected chi connectivity index (χ4v) is 3.60. The van der Waals surface area contributed by atoms with Gasteiger partial charge in [-0.25, -0.2) is 4.39 Å². The fourth-order valence-electron chi connectivity index (χ4n) is 2.35. The molecular formula is C13H14FNO4S. The zero-order valence-electron chi connectivity index (χ0n) is 10.4. The molecule has 0 aromatic heterocycles. The minimum atomic E-state index is -1.20. The first kappa shape index (κ1) is 14.0. The molecule has 3 rings (SSSR count). The molecule has 0 spiro atoms. The van der Waals surface area contributed by atoms with Crippen molar-refractivity contribution in [2.75, 3.05) is 6.61 Å². The average molecular weight is 299 g/mol. The van der Waals surface area contributed by atoms with Gasteiger partial charge in [0.05, 0.1) is 6.61 Å². The molecule has 1 aromatic carbocycles. The Kier molecular flexibility index (Phi) is 3.78. The molecule has 0 unspecified atom stereocenters. The van der Waals surface area contributed by atoms with Crippen LogP contribution in [-0.2, 0) is 4.74 Å². The summed E-state index contributed by atoms with van der Waals surface area (Å²) in [6, 6.07) is 5.57. The highest BCUT2D eigenvalue weighted by Gasteiger charge is 2.48. The first-order chi connectivity index (χ1) is 9.61. The minimum Gasteiger partial charge on any atom is -0.394 e. The van der Waals surface area contributed by atoms with Gasteiger partial charge in [-0.05, 0) is 12.1 Å². The Morgan fingerprint density at radius 1 is 1.25 bits per heavy atom. The molecule has 1 fully saturated rings. The Morgan fingerprint density at radius 3 is 2.70 bits per heavy atom. The summed E-state index contributed by atoms with van der Waals surface area (Å²) >= 11 is 1.19. The molecule has 0 saturated carbocycles. The van der Waals surface area contributed by atoms with Crippen molar-refractivity contribution < 1.29 is 24.4 Å².